The highest BCUT2D eigenvalue weighted by molar-refractivity contribution is 5.99. The van der Waals surface area contributed by atoms with Gasteiger partial charge in [0.2, 0.25) is 5.76 Å². The van der Waals surface area contributed by atoms with E-state index in [1.54, 1.807) is 47.4 Å². The minimum Gasteiger partial charge on any atom is -0.508 e. The van der Waals surface area contributed by atoms with Gasteiger partial charge in [-0.25, -0.2) is 0 Å². The number of benzene rings is 2. The van der Waals surface area contributed by atoms with Gasteiger partial charge in [-0.2, -0.15) is 0 Å². The van der Waals surface area contributed by atoms with Crippen LogP contribution in [0.3, 0.4) is 0 Å². The molecule has 0 saturated heterocycles. The summed E-state index contributed by atoms with van der Waals surface area (Å²) in [4.78, 5) is 29.9. The van der Waals surface area contributed by atoms with Crippen LogP contribution in [0.25, 0.3) is 11.0 Å². The van der Waals surface area contributed by atoms with E-state index in [9.17, 15) is 14.7 Å². The topological polar surface area (TPSA) is 74.0 Å². The summed E-state index contributed by atoms with van der Waals surface area (Å²) in [5.41, 5.74) is 1.21. The van der Waals surface area contributed by atoms with Gasteiger partial charge < -0.3 is 19.3 Å². The number of aromatic hydroxyl groups is 1. The molecule has 0 unspecified atom stereocenters. The van der Waals surface area contributed by atoms with Crippen LogP contribution in [0.15, 0.2) is 57.7 Å². The molecule has 0 spiro atoms. The molecule has 1 N–H and O–H groups in total. The second-order valence-corrected chi connectivity index (χ2v) is 6.97. The van der Waals surface area contributed by atoms with Gasteiger partial charge in [-0.1, -0.05) is 24.3 Å². The number of likely N-dealkylation sites (N-methyl/N-ethyl adjacent to an activating group) is 1. The standard InChI is InChI=1S/C21H20N2O4/c1-22(2)10-11-23-18(13-6-5-7-14(24)12-13)17-19(25)15-8-3-4-9-16(15)27-20(17)21(23)26/h3-9,12,18,24H,10-11H2,1-2H3/t18-/m0/s1. The van der Waals surface area contributed by atoms with Crippen LogP contribution < -0.4 is 5.43 Å². The monoisotopic (exact) mass is 364 g/mol. The van der Waals surface area contributed by atoms with E-state index in [4.69, 9.17) is 4.42 Å². The zero-order valence-electron chi connectivity index (χ0n) is 15.2. The van der Waals surface area contributed by atoms with Crippen molar-refractivity contribution in [3.63, 3.8) is 0 Å². The van der Waals surface area contributed by atoms with Crippen LogP contribution >= 0.6 is 0 Å². The Hall–Kier alpha value is -3.12. The van der Waals surface area contributed by atoms with Crippen molar-refractivity contribution in [3.8, 4) is 5.75 Å². The molecular formula is C21H20N2O4. The number of hydrogen-bond acceptors (Lipinski definition) is 5. The van der Waals surface area contributed by atoms with Crippen molar-refractivity contribution < 1.29 is 14.3 Å². The average molecular weight is 364 g/mol. The fourth-order valence-electron chi connectivity index (χ4n) is 3.55. The molecule has 0 radical (unpaired) electrons. The first-order valence-electron chi connectivity index (χ1n) is 8.77. The zero-order chi connectivity index (χ0) is 19.1. The maximum Gasteiger partial charge on any atom is 0.290 e. The molecule has 1 aliphatic heterocycles. The molecule has 1 atom stereocenters. The molecule has 0 aliphatic carbocycles. The van der Waals surface area contributed by atoms with Crippen molar-refractivity contribution in [1.29, 1.82) is 0 Å². The molecule has 0 bridgehead atoms. The van der Waals surface area contributed by atoms with Crippen molar-refractivity contribution in [2.75, 3.05) is 27.2 Å². The Balaban J connectivity index is 1.94. The SMILES string of the molecule is CN(C)CCN1C(=O)c2oc3ccccc3c(=O)c2[C@@H]1c1cccc(O)c1. The molecule has 3 aromatic rings. The lowest BCUT2D eigenvalue weighted by molar-refractivity contribution is 0.0716. The van der Waals surface area contributed by atoms with E-state index < -0.39 is 6.04 Å². The van der Waals surface area contributed by atoms with Crippen LogP contribution in [0, 0.1) is 0 Å². The lowest BCUT2D eigenvalue weighted by atomic mass is 9.98. The molecule has 1 aliphatic rings. The number of rotatable bonds is 4. The van der Waals surface area contributed by atoms with Crippen molar-refractivity contribution in [2.24, 2.45) is 0 Å². The molecule has 1 aromatic heterocycles. The van der Waals surface area contributed by atoms with Gasteiger partial charge >= 0.3 is 0 Å². The predicted octanol–water partition coefficient (Wildman–Crippen LogP) is 2.61. The van der Waals surface area contributed by atoms with Crippen molar-refractivity contribution in [3.05, 3.63) is 75.6 Å². The highest BCUT2D eigenvalue weighted by atomic mass is 16.3. The molecule has 2 aromatic carbocycles. The zero-order valence-corrected chi connectivity index (χ0v) is 15.2. The fourth-order valence-corrected chi connectivity index (χ4v) is 3.55. The van der Waals surface area contributed by atoms with E-state index in [1.165, 1.54) is 0 Å². The molecule has 4 rings (SSSR count). The number of hydrogen-bond donors (Lipinski definition) is 1. The summed E-state index contributed by atoms with van der Waals surface area (Å²) >= 11 is 0. The van der Waals surface area contributed by atoms with Gasteiger partial charge in [-0.15, -0.1) is 0 Å². The van der Waals surface area contributed by atoms with Crippen LogP contribution in [0.4, 0.5) is 0 Å². The minimum absolute atomic E-state index is 0.0887. The number of nitrogens with zero attached hydrogens (tertiary/aromatic N) is 2. The van der Waals surface area contributed by atoms with Crippen molar-refractivity contribution in [2.45, 2.75) is 6.04 Å². The van der Waals surface area contributed by atoms with Crippen molar-refractivity contribution in [1.82, 2.24) is 9.80 Å². The van der Waals surface area contributed by atoms with Gasteiger partial charge in [-0.05, 0) is 43.9 Å². The molecule has 138 valence electrons. The summed E-state index contributed by atoms with van der Waals surface area (Å²) < 4.78 is 5.85. The third-order valence-corrected chi connectivity index (χ3v) is 4.85. The lowest BCUT2D eigenvalue weighted by Gasteiger charge is -2.26. The number of phenols is 1. The first-order chi connectivity index (χ1) is 13.0. The summed E-state index contributed by atoms with van der Waals surface area (Å²) in [5, 5.41) is 10.4. The first kappa shape index (κ1) is 17.3. The number of para-hydroxylation sites is 1. The predicted molar refractivity (Wildman–Crippen MR) is 102 cm³/mol. The minimum atomic E-state index is -0.583. The van der Waals surface area contributed by atoms with E-state index in [-0.39, 0.29) is 22.8 Å². The summed E-state index contributed by atoms with van der Waals surface area (Å²) in [6.45, 7) is 1.08. The van der Waals surface area contributed by atoms with Crippen LogP contribution in [-0.4, -0.2) is 48.0 Å². The quantitative estimate of drug-likeness (QED) is 0.770. The summed E-state index contributed by atoms with van der Waals surface area (Å²) in [5.74, 6) is -0.125. The summed E-state index contributed by atoms with van der Waals surface area (Å²) in [6.07, 6.45) is 0. The maximum atomic E-state index is 13.2. The van der Waals surface area contributed by atoms with Crippen molar-refractivity contribution >= 4 is 16.9 Å². The lowest BCUT2D eigenvalue weighted by Crippen LogP contribution is -2.35. The number of fused-ring (bicyclic) bond motifs is 2. The molecule has 0 fully saturated rings. The van der Waals surface area contributed by atoms with Gasteiger partial charge in [0.25, 0.3) is 5.91 Å². The molecule has 1 amide bonds. The largest absolute Gasteiger partial charge is 0.508 e. The van der Waals surface area contributed by atoms with Crippen LogP contribution in [0.2, 0.25) is 0 Å². The normalized spacial score (nSPS) is 16.3. The van der Waals surface area contributed by atoms with Gasteiger partial charge in [0.05, 0.1) is 17.0 Å². The number of phenolic OH excluding ortho intramolecular Hbond substituents is 1. The molecule has 6 heteroatoms. The Bertz CT molecular complexity index is 1090. The van der Waals surface area contributed by atoms with E-state index in [1.807, 2.05) is 25.1 Å². The molecule has 6 nitrogen and oxygen atoms in total. The molecule has 2 heterocycles. The van der Waals surface area contributed by atoms with Gasteiger partial charge in [0.1, 0.15) is 11.3 Å². The number of amides is 1. The number of carbonyl (C=O) groups excluding carboxylic acids is 1. The smallest absolute Gasteiger partial charge is 0.290 e. The second-order valence-electron chi connectivity index (χ2n) is 6.97. The third-order valence-electron chi connectivity index (χ3n) is 4.85. The van der Waals surface area contributed by atoms with Crippen LogP contribution in [0.5, 0.6) is 5.75 Å². The highest BCUT2D eigenvalue weighted by Gasteiger charge is 2.42. The Kier molecular flexibility index (Phi) is 4.20. The molecule has 27 heavy (non-hydrogen) atoms. The van der Waals surface area contributed by atoms with E-state index in [0.717, 1.165) is 0 Å². The van der Waals surface area contributed by atoms with E-state index >= 15 is 0 Å². The third kappa shape index (κ3) is 2.88. The first-order valence-corrected chi connectivity index (χ1v) is 8.77. The van der Waals surface area contributed by atoms with E-state index in [2.05, 4.69) is 0 Å². The molecular weight excluding hydrogens is 344 g/mol. The highest BCUT2D eigenvalue weighted by Crippen LogP contribution is 2.38. The summed E-state index contributed by atoms with van der Waals surface area (Å²) in [6, 6.07) is 13.0. The second kappa shape index (κ2) is 6.55. The van der Waals surface area contributed by atoms with Gasteiger partial charge in [-0.3, -0.25) is 9.59 Å². The average Bonchev–Trinajstić information content (AvgIpc) is 2.93. The fraction of sp³-hybridized carbons (Fsp3) is 0.238. The summed E-state index contributed by atoms with van der Waals surface area (Å²) in [7, 11) is 3.85. The Morgan fingerprint density at radius 1 is 1.11 bits per heavy atom. The van der Waals surface area contributed by atoms with Gasteiger partial charge in [0, 0.05) is 13.1 Å². The molecule has 0 saturated carbocycles. The number of carbonyl (C=O) groups is 1. The Morgan fingerprint density at radius 2 is 1.89 bits per heavy atom. The maximum absolute atomic E-state index is 13.2. The van der Waals surface area contributed by atoms with Crippen LogP contribution in [0.1, 0.15) is 27.7 Å². The Labute approximate surface area is 156 Å². The van der Waals surface area contributed by atoms with Gasteiger partial charge in [0.15, 0.2) is 5.43 Å². The van der Waals surface area contributed by atoms with E-state index in [0.29, 0.717) is 35.2 Å². The Morgan fingerprint density at radius 3 is 2.63 bits per heavy atom. The van der Waals surface area contributed by atoms with Crippen LogP contribution in [-0.2, 0) is 0 Å².